The molecule has 6 amide bonds. The van der Waals surface area contributed by atoms with E-state index in [9.17, 15) is 33.6 Å². The van der Waals surface area contributed by atoms with Gasteiger partial charge in [0.15, 0.2) is 0 Å². The summed E-state index contributed by atoms with van der Waals surface area (Å²) in [6, 6.07) is 0. The van der Waals surface area contributed by atoms with Crippen molar-refractivity contribution in [3.05, 3.63) is 0 Å². The standard InChI is InChI=1S/C46H86N6O18/c1-9-16-47-37(53)12-22-66-34-46(35-67-23-13-38(54)48-17-10-19-50-42(58)69-44(2,3)4,36-68-24-14-39(55)49-18-11-20-51-43(59)70-45(5,6)7)52-40(56)15-21-61-25-26-62-27-28-63-29-30-64-31-32-65-33-41(57)60-8/h9-36H2,1-8H3,(H,47,53)(H,48,54)(H,49,55)(H,50,58)(H,51,59)(H,52,56). The Kier molecular flexibility index (Phi) is 38.6. The zero-order chi connectivity index (χ0) is 52.4. The molecule has 6 N–H and O–H groups in total. The van der Waals surface area contributed by atoms with Crippen LogP contribution in [0.5, 0.6) is 0 Å². The topological polar surface area (TPSA) is 293 Å². The first-order valence-corrected chi connectivity index (χ1v) is 24.0. The number of nitrogens with one attached hydrogen (secondary N) is 6. The zero-order valence-corrected chi connectivity index (χ0v) is 43.1. The minimum absolute atomic E-state index is 0.0105. The lowest BCUT2D eigenvalue weighted by atomic mass is 10.0. The lowest BCUT2D eigenvalue weighted by Gasteiger charge is -2.34. The number of alkyl carbamates (subject to hydrolysis) is 2. The molecule has 0 bridgehead atoms. The summed E-state index contributed by atoms with van der Waals surface area (Å²) in [6.07, 6.45) is 0.620. The van der Waals surface area contributed by atoms with E-state index < -0.39 is 40.8 Å². The van der Waals surface area contributed by atoms with Gasteiger partial charge < -0.3 is 84.0 Å². The SMILES string of the molecule is CCCNC(=O)CCOCC(COCCC(=O)NCCCNC(=O)OC(C)(C)C)(COCCC(=O)NCCCNC(=O)OC(C)(C)C)NC(=O)CCOCCOCCOCCOCCOCC(=O)OC. The Balaban J connectivity index is 5.28. The number of methoxy groups -OCH3 is 1. The second-order valence-corrected chi connectivity index (χ2v) is 17.7. The van der Waals surface area contributed by atoms with Gasteiger partial charge in [-0.05, 0) is 60.8 Å². The van der Waals surface area contributed by atoms with Gasteiger partial charge in [-0.1, -0.05) is 6.92 Å². The van der Waals surface area contributed by atoms with Crippen LogP contribution in [0.1, 0.15) is 93.4 Å². The predicted molar refractivity (Wildman–Crippen MR) is 255 cm³/mol. The van der Waals surface area contributed by atoms with E-state index in [2.05, 4.69) is 36.6 Å². The van der Waals surface area contributed by atoms with Crippen LogP contribution in [0, 0.1) is 0 Å². The minimum Gasteiger partial charge on any atom is -0.467 e. The van der Waals surface area contributed by atoms with Crippen LogP contribution in [-0.4, -0.2) is 204 Å². The molecule has 24 nitrogen and oxygen atoms in total. The maximum atomic E-state index is 13.4. The molecule has 0 atom stereocenters. The van der Waals surface area contributed by atoms with Crippen molar-refractivity contribution >= 4 is 41.8 Å². The van der Waals surface area contributed by atoms with Gasteiger partial charge in [-0.15, -0.1) is 0 Å². The normalized spacial score (nSPS) is 11.6. The highest BCUT2D eigenvalue weighted by molar-refractivity contribution is 5.77. The molecule has 0 saturated heterocycles. The number of hydrogen-bond donors (Lipinski definition) is 6. The average Bonchev–Trinajstić information content (AvgIpc) is 3.28. The van der Waals surface area contributed by atoms with E-state index in [1.165, 1.54) is 7.11 Å². The number of amides is 6. The van der Waals surface area contributed by atoms with Crippen LogP contribution in [0.3, 0.4) is 0 Å². The monoisotopic (exact) mass is 1010 g/mol. The molecule has 0 saturated carbocycles. The Labute approximate surface area is 414 Å². The molecule has 0 heterocycles. The third-order valence-corrected chi connectivity index (χ3v) is 8.63. The maximum Gasteiger partial charge on any atom is 0.407 e. The number of carbonyl (C=O) groups is 7. The molecule has 408 valence electrons. The predicted octanol–water partition coefficient (Wildman–Crippen LogP) is 1.30. The van der Waals surface area contributed by atoms with E-state index in [0.717, 1.165) is 6.42 Å². The number of ether oxygens (including phenoxy) is 11. The summed E-state index contributed by atoms with van der Waals surface area (Å²) in [6.45, 7) is 16.1. The fourth-order valence-corrected chi connectivity index (χ4v) is 5.32. The number of rotatable bonds is 43. The van der Waals surface area contributed by atoms with Crippen molar-refractivity contribution in [2.24, 2.45) is 0 Å². The van der Waals surface area contributed by atoms with Crippen LogP contribution >= 0.6 is 0 Å². The second kappa shape index (κ2) is 41.2. The summed E-state index contributed by atoms with van der Waals surface area (Å²) in [5.41, 5.74) is -2.56. The van der Waals surface area contributed by atoms with Gasteiger partial charge in [0.05, 0.1) is 106 Å². The molecule has 0 unspecified atom stereocenters. The smallest absolute Gasteiger partial charge is 0.407 e. The van der Waals surface area contributed by atoms with Crippen LogP contribution < -0.4 is 31.9 Å². The lowest BCUT2D eigenvalue weighted by molar-refractivity contribution is -0.146. The van der Waals surface area contributed by atoms with Gasteiger partial charge in [-0.25, -0.2) is 14.4 Å². The van der Waals surface area contributed by atoms with Gasteiger partial charge in [-0.2, -0.15) is 0 Å². The average molecular weight is 1010 g/mol. The molecular weight excluding hydrogens is 925 g/mol. The molecule has 0 aromatic carbocycles. The molecule has 0 radical (unpaired) electrons. The molecule has 70 heavy (non-hydrogen) atoms. The highest BCUT2D eigenvalue weighted by Crippen LogP contribution is 2.12. The van der Waals surface area contributed by atoms with Crippen LogP contribution in [-0.2, 0) is 76.1 Å². The third-order valence-electron chi connectivity index (χ3n) is 8.63. The van der Waals surface area contributed by atoms with Crippen molar-refractivity contribution in [3.8, 4) is 0 Å². The van der Waals surface area contributed by atoms with Crippen LogP contribution in [0.15, 0.2) is 0 Å². The second-order valence-electron chi connectivity index (χ2n) is 17.7. The van der Waals surface area contributed by atoms with Gasteiger partial charge in [0, 0.05) is 58.4 Å². The first kappa shape index (κ1) is 65.6. The van der Waals surface area contributed by atoms with Gasteiger partial charge >= 0.3 is 18.2 Å². The van der Waals surface area contributed by atoms with Crippen molar-refractivity contribution < 1.29 is 85.7 Å². The van der Waals surface area contributed by atoms with Gasteiger partial charge in [-0.3, -0.25) is 19.2 Å². The third kappa shape index (κ3) is 43.6. The van der Waals surface area contributed by atoms with Crippen molar-refractivity contribution in [3.63, 3.8) is 0 Å². The van der Waals surface area contributed by atoms with E-state index in [-0.39, 0.29) is 116 Å². The summed E-state index contributed by atoms with van der Waals surface area (Å²) in [5.74, 6) is -1.65. The fourth-order valence-electron chi connectivity index (χ4n) is 5.32. The molecule has 24 heteroatoms. The molecule has 0 fully saturated rings. The van der Waals surface area contributed by atoms with Crippen LogP contribution in [0.2, 0.25) is 0 Å². The van der Waals surface area contributed by atoms with E-state index in [1.807, 2.05) is 6.92 Å². The molecule has 0 rings (SSSR count). The first-order chi connectivity index (χ1) is 33.3. The summed E-state index contributed by atoms with van der Waals surface area (Å²) in [7, 11) is 1.28. The maximum absolute atomic E-state index is 13.4. The molecule has 0 spiro atoms. The highest BCUT2D eigenvalue weighted by atomic mass is 16.6. The summed E-state index contributed by atoms with van der Waals surface area (Å²) >= 11 is 0. The van der Waals surface area contributed by atoms with Gasteiger partial charge in [0.2, 0.25) is 23.6 Å². The highest BCUT2D eigenvalue weighted by Gasteiger charge is 2.34. The Hall–Kier alpha value is -4.43. The Morgan fingerprint density at radius 1 is 0.400 bits per heavy atom. The van der Waals surface area contributed by atoms with E-state index in [0.29, 0.717) is 78.6 Å². The lowest BCUT2D eigenvalue weighted by Crippen LogP contribution is -2.59. The fraction of sp³-hybridized carbons (Fsp3) is 0.848. The van der Waals surface area contributed by atoms with Gasteiger partial charge in [0.25, 0.3) is 0 Å². The molecular formula is C46H86N6O18. The Morgan fingerprint density at radius 3 is 1.10 bits per heavy atom. The van der Waals surface area contributed by atoms with Crippen LogP contribution in [0.25, 0.3) is 0 Å². The number of hydrogen-bond acceptors (Lipinski definition) is 18. The van der Waals surface area contributed by atoms with Gasteiger partial charge in [0.1, 0.15) is 23.3 Å². The summed E-state index contributed by atoms with van der Waals surface area (Å²) in [5, 5.41) is 16.6. The summed E-state index contributed by atoms with van der Waals surface area (Å²) in [4.78, 5) is 85.7. The minimum atomic E-state index is -1.31. The molecule has 0 aliphatic heterocycles. The largest absolute Gasteiger partial charge is 0.467 e. The Bertz CT molecular complexity index is 1390. The number of carbonyl (C=O) groups excluding carboxylic acids is 7. The Morgan fingerprint density at radius 2 is 0.729 bits per heavy atom. The molecule has 0 aliphatic carbocycles. The molecule has 0 aromatic rings. The zero-order valence-electron chi connectivity index (χ0n) is 43.1. The summed E-state index contributed by atoms with van der Waals surface area (Å²) < 4.78 is 59.8. The van der Waals surface area contributed by atoms with Crippen molar-refractivity contribution in [2.45, 2.75) is 110 Å². The first-order valence-electron chi connectivity index (χ1n) is 24.0. The van der Waals surface area contributed by atoms with Crippen molar-refractivity contribution in [2.75, 3.05) is 146 Å². The quantitative estimate of drug-likeness (QED) is 0.0285. The number of esters is 1. The van der Waals surface area contributed by atoms with E-state index in [1.54, 1.807) is 41.5 Å². The van der Waals surface area contributed by atoms with Crippen molar-refractivity contribution in [1.29, 1.82) is 0 Å². The van der Waals surface area contributed by atoms with Crippen LogP contribution in [0.4, 0.5) is 9.59 Å². The molecule has 0 aromatic heterocycles. The molecule has 0 aliphatic rings. The van der Waals surface area contributed by atoms with Crippen molar-refractivity contribution in [1.82, 2.24) is 31.9 Å². The van der Waals surface area contributed by atoms with E-state index in [4.69, 9.17) is 47.4 Å². The van der Waals surface area contributed by atoms with E-state index >= 15 is 0 Å².